The van der Waals surface area contributed by atoms with Crippen LogP contribution in [0.4, 0.5) is 0 Å². The normalized spacial score (nSPS) is 8.73. The van der Waals surface area contributed by atoms with E-state index in [-0.39, 0.29) is 6.99 Å². The molecule has 0 unspecified atom stereocenters. The van der Waals surface area contributed by atoms with Gasteiger partial charge in [-0.25, -0.2) is 0 Å². The molecule has 11 heavy (non-hydrogen) atoms. The highest BCUT2D eigenvalue weighted by atomic mass is 16.1. The van der Waals surface area contributed by atoms with Gasteiger partial charge in [0.1, 0.15) is 0 Å². The summed E-state index contributed by atoms with van der Waals surface area (Å²) in [6, 6.07) is 4.93. The van der Waals surface area contributed by atoms with Crippen LogP contribution < -0.4 is 5.56 Å². The topological polar surface area (TPSA) is 32.9 Å². The SMILES string of the molecule is CC(C)C.O=c1cccc[nH]1.[HH]. The summed E-state index contributed by atoms with van der Waals surface area (Å²) < 4.78 is 0. The van der Waals surface area contributed by atoms with E-state index in [1.54, 1.807) is 18.3 Å². The van der Waals surface area contributed by atoms with E-state index in [1.165, 1.54) is 6.07 Å². The summed E-state index contributed by atoms with van der Waals surface area (Å²) in [6.07, 6.45) is 1.60. The molecule has 0 saturated carbocycles. The zero-order valence-corrected chi connectivity index (χ0v) is 7.29. The van der Waals surface area contributed by atoms with E-state index < -0.39 is 0 Å². The monoisotopic (exact) mass is 155 g/mol. The van der Waals surface area contributed by atoms with Crippen molar-refractivity contribution < 1.29 is 1.43 Å². The summed E-state index contributed by atoms with van der Waals surface area (Å²) in [5.41, 5.74) is -0.0532. The van der Waals surface area contributed by atoms with Gasteiger partial charge in [0.15, 0.2) is 0 Å². The summed E-state index contributed by atoms with van der Waals surface area (Å²) in [5.74, 6) is 0.833. The minimum absolute atomic E-state index is 0. The molecule has 0 saturated heterocycles. The van der Waals surface area contributed by atoms with Crippen LogP contribution in [0, 0.1) is 5.92 Å². The van der Waals surface area contributed by atoms with Crippen molar-refractivity contribution in [3.63, 3.8) is 0 Å². The van der Waals surface area contributed by atoms with Crippen LogP contribution in [-0.2, 0) is 0 Å². The number of rotatable bonds is 0. The van der Waals surface area contributed by atoms with E-state index in [0.717, 1.165) is 5.92 Å². The molecule has 1 heterocycles. The minimum Gasteiger partial charge on any atom is -0.329 e. The van der Waals surface area contributed by atoms with E-state index in [0.29, 0.717) is 0 Å². The standard InChI is InChI=1S/C5H5NO.C4H10.H2/c7-5-3-1-2-4-6-5;1-4(2)3;/h1-4H,(H,6,7);4H,1-3H3;1H. The summed E-state index contributed by atoms with van der Waals surface area (Å²) in [4.78, 5) is 12.7. The Bertz CT molecular complexity index is 212. The zero-order valence-electron chi connectivity index (χ0n) is 7.29. The predicted molar refractivity (Wildman–Crippen MR) is 49.7 cm³/mol. The Morgan fingerprint density at radius 1 is 1.36 bits per heavy atom. The van der Waals surface area contributed by atoms with Crippen LogP contribution in [0.2, 0.25) is 0 Å². The lowest BCUT2D eigenvalue weighted by Crippen LogP contribution is -1.98. The third-order valence-corrected chi connectivity index (χ3v) is 0.681. The van der Waals surface area contributed by atoms with Crippen LogP contribution in [0.5, 0.6) is 0 Å². The summed E-state index contributed by atoms with van der Waals surface area (Å²) in [7, 11) is 0. The zero-order chi connectivity index (χ0) is 8.69. The highest BCUT2D eigenvalue weighted by Crippen LogP contribution is 1.81. The molecule has 2 heteroatoms. The average Bonchev–Trinajstić information content (AvgIpc) is 1.87. The number of nitrogens with one attached hydrogen (secondary N) is 1. The first kappa shape index (κ1) is 9.95. The lowest BCUT2D eigenvalue weighted by molar-refractivity contribution is 0.737. The fourth-order valence-electron chi connectivity index (χ4n) is 0.377. The van der Waals surface area contributed by atoms with Crippen LogP contribution in [0.3, 0.4) is 0 Å². The molecule has 0 radical (unpaired) electrons. The molecule has 1 aromatic heterocycles. The van der Waals surface area contributed by atoms with Crippen LogP contribution in [0.25, 0.3) is 0 Å². The summed E-state index contributed by atoms with van der Waals surface area (Å²) >= 11 is 0. The van der Waals surface area contributed by atoms with Crippen molar-refractivity contribution in [2.24, 2.45) is 5.92 Å². The van der Waals surface area contributed by atoms with Gasteiger partial charge in [-0.3, -0.25) is 4.79 Å². The van der Waals surface area contributed by atoms with Gasteiger partial charge in [0.25, 0.3) is 0 Å². The highest BCUT2D eigenvalue weighted by Gasteiger charge is 1.69. The van der Waals surface area contributed by atoms with Crippen molar-refractivity contribution in [2.75, 3.05) is 0 Å². The maximum absolute atomic E-state index is 10.2. The number of pyridine rings is 1. The molecule has 1 aromatic rings. The Hall–Kier alpha value is -1.05. The molecule has 0 aromatic carbocycles. The Morgan fingerprint density at radius 3 is 2.09 bits per heavy atom. The highest BCUT2D eigenvalue weighted by molar-refractivity contribution is 4.89. The molecule has 64 valence electrons. The van der Waals surface area contributed by atoms with Crippen molar-refractivity contribution in [3.8, 4) is 0 Å². The summed E-state index contributed by atoms with van der Waals surface area (Å²) in [5, 5.41) is 0. The van der Waals surface area contributed by atoms with Gasteiger partial charge in [-0.1, -0.05) is 26.8 Å². The molecule has 0 aliphatic heterocycles. The number of aromatic amines is 1. The lowest BCUT2D eigenvalue weighted by atomic mass is 10.3. The van der Waals surface area contributed by atoms with E-state index in [1.807, 2.05) is 0 Å². The average molecular weight is 155 g/mol. The van der Waals surface area contributed by atoms with Crippen molar-refractivity contribution in [3.05, 3.63) is 34.7 Å². The number of hydrogen-bond donors (Lipinski definition) is 1. The second-order valence-corrected chi connectivity index (χ2v) is 2.96. The van der Waals surface area contributed by atoms with Gasteiger partial charge in [-0.05, 0) is 12.0 Å². The van der Waals surface area contributed by atoms with Gasteiger partial charge in [0.2, 0.25) is 5.56 Å². The molecule has 0 spiro atoms. The molecule has 0 aliphatic rings. The molecule has 0 atom stereocenters. The summed E-state index contributed by atoms with van der Waals surface area (Å²) in [6.45, 7) is 6.50. The molecule has 0 amide bonds. The molecule has 1 rings (SSSR count). The van der Waals surface area contributed by atoms with E-state index in [4.69, 9.17) is 0 Å². The van der Waals surface area contributed by atoms with Gasteiger partial charge in [-0.2, -0.15) is 0 Å². The van der Waals surface area contributed by atoms with Crippen LogP contribution in [0.1, 0.15) is 22.2 Å². The Balaban J connectivity index is 0. The minimum atomic E-state index is -0.0532. The molecular weight excluding hydrogens is 138 g/mol. The van der Waals surface area contributed by atoms with Crippen LogP contribution in [-0.4, -0.2) is 4.98 Å². The third kappa shape index (κ3) is 8.95. The molecule has 0 bridgehead atoms. The first-order valence-corrected chi connectivity index (χ1v) is 3.76. The lowest BCUT2D eigenvalue weighted by Gasteiger charge is -1.79. The van der Waals surface area contributed by atoms with Crippen molar-refractivity contribution in [1.82, 2.24) is 4.98 Å². The fourth-order valence-corrected chi connectivity index (χ4v) is 0.377. The fraction of sp³-hybridized carbons (Fsp3) is 0.444. The second-order valence-electron chi connectivity index (χ2n) is 2.96. The van der Waals surface area contributed by atoms with Gasteiger partial charge < -0.3 is 4.98 Å². The second kappa shape index (κ2) is 5.71. The molecule has 0 aliphatic carbocycles. The first-order chi connectivity index (χ1) is 5.13. The third-order valence-electron chi connectivity index (χ3n) is 0.681. The molecule has 0 fully saturated rings. The van der Waals surface area contributed by atoms with Crippen molar-refractivity contribution >= 4 is 0 Å². The van der Waals surface area contributed by atoms with Gasteiger partial charge >= 0.3 is 0 Å². The number of aromatic nitrogens is 1. The van der Waals surface area contributed by atoms with E-state index >= 15 is 0 Å². The maximum Gasteiger partial charge on any atom is 0.247 e. The largest absolute Gasteiger partial charge is 0.329 e. The molecular formula is C9H17NO. The Morgan fingerprint density at radius 2 is 1.91 bits per heavy atom. The first-order valence-electron chi connectivity index (χ1n) is 3.76. The molecule has 2 nitrogen and oxygen atoms in total. The smallest absolute Gasteiger partial charge is 0.247 e. The van der Waals surface area contributed by atoms with E-state index in [2.05, 4.69) is 25.8 Å². The van der Waals surface area contributed by atoms with Crippen LogP contribution >= 0.6 is 0 Å². The predicted octanol–water partition coefficient (Wildman–Crippen LogP) is 2.28. The van der Waals surface area contributed by atoms with E-state index in [9.17, 15) is 4.79 Å². The van der Waals surface area contributed by atoms with Gasteiger partial charge in [-0.15, -0.1) is 0 Å². The maximum atomic E-state index is 10.2. The van der Waals surface area contributed by atoms with Crippen LogP contribution in [0.15, 0.2) is 29.2 Å². The van der Waals surface area contributed by atoms with Crippen molar-refractivity contribution in [2.45, 2.75) is 20.8 Å². The number of H-pyrrole nitrogens is 1. The quantitative estimate of drug-likeness (QED) is 0.612. The van der Waals surface area contributed by atoms with Crippen molar-refractivity contribution in [1.29, 1.82) is 0 Å². The number of hydrogen-bond acceptors (Lipinski definition) is 1. The van der Waals surface area contributed by atoms with Gasteiger partial charge in [0.05, 0.1) is 0 Å². The van der Waals surface area contributed by atoms with Gasteiger partial charge in [0, 0.05) is 13.7 Å². The Labute approximate surface area is 68.8 Å². The molecule has 1 N–H and O–H groups in total. The Kier molecular flexibility index (Phi) is 5.17.